The van der Waals surface area contributed by atoms with Crippen LogP contribution in [0.4, 0.5) is 11.6 Å². The number of hydrogen-bond donors (Lipinski definition) is 3. The summed E-state index contributed by atoms with van der Waals surface area (Å²) in [5.74, 6) is 0.824. The summed E-state index contributed by atoms with van der Waals surface area (Å²) in [6, 6.07) is 0. The first-order valence-corrected chi connectivity index (χ1v) is 6.74. The Hall–Kier alpha value is -1.69. The molecule has 1 aliphatic rings. The van der Waals surface area contributed by atoms with Gasteiger partial charge in [-0.2, -0.15) is 0 Å². The van der Waals surface area contributed by atoms with Crippen LogP contribution in [0.1, 0.15) is 32.1 Å². The van der Waals surface area contributed by atoms with Crippen LogP contribution in [0, 0.1) is 5.92 Å². The number of nitrogens with one attached hydrogen (secondary N) is 2. The first-order chi connectivity index (χ1) is 9.28. The van der Waals surface area contributed by atoms with Gasteiger partial charge in [0.15, 0.2) is 0 Å². The molecule has 1 heterocycles. The molecule has 1 aromatic heterocycles. The van der Waals surface area contributed by atoms with E-state index >= 15 is 0 Å². The van der Waals surface area contributed by atoms with Crippen molar-refractivity contribution in [1.29, 1.82) is 0 Å². The monoisotopic (exact) mass is 264 g/mol. The van der Waals surface area contributed by atoms with Gasteiger partial charge >= 0.3 is 0 Å². The van der Waals surface area contributed by atoms with Gasteiger partial charge in [0.05, 0.1) is 18.1 Å². The number of amides is 1. The van der Waals surface area contributed by atoms with E-state index < -0.39 is 12.5 Å². The second kappa shape index (κ2) is 7.04. The van der Waals surface area contributed by atoms with Crippen LogP contribution >= 0.6 is 0 Å². The van der Waals surface area contributed by atoms with Crippen molar-refractivity contribution < 1.29 is 9.90 Å². The fourth-order valence-electron chi connectivity index (χ4n) is 2.31. The molecule has 1 amide bonds. The number of aliphatic hydroxyl groups is 1. The molecule has 1 fully saturated rings. The quantitative estimate of drug-likeness (QED) is 0.748. The van der Waals surface area contributed by atoms with E-state index in [1.165, 1.54) is 44.5 Å². The second-order valence-corrected chi connectivity index (χ2v) is 4.89. The Balaban J connectivity index is 1.79. The molecule has 3 N–H and O–H groups in total. The van der Waals surface area contributed by atoms with Gasteiger partial charge in [-0.25, -0.2) is 9.97 Å². The highest BCUT2D eigenvalue weighted by atomic mass is 16.3. The lowest BCUT2D eigenvalue weighted by atomic mass is 9.89. The summed E-state index contributed by atoms with van der Waals surface area (Å²) in [5, 5.41) is 14.3. The van der Waals surface area contributed by atoms with Gasteiger partial charge in [0.2, 0.25) is 11.9 Å². The lowest BCUT2D eigenvalue weighted by Crippen LogP contribution is -2.19. The number of aliphatic hydroxyl groups excluding tert-OH is 1. The van der Waals surface area contributed by atoms with E-state index in [0.29, 0.717) is 17.6 Å². The highest BCUT2D eigenvalue weighted by Gasteiger charge is 2.13. The van der Waals surface area contributed by atoms with E-state index in [0.717, 1.165) is 6.54 Å². The molecule has 0 unspecified atom stereocenters. The molecule has 0 radical (unpaired) electrons. The Labute approximate surface area is 112 Å². The lowest BCUT2D eigenvalue weighted by Gasteiger charge is -2.21. The number of nitrogens with zero attached hydrogens (tertiary/aromatic N) is 2. The van der Waals surface area contributed by atoms with Crippen molar-refractivity contribution in [2.24, 2.45) is 5.92 Å². The minimum atomic E-state index is -0.540. The average molecular weight is 264 g/mol. The van der Waals surface area contributed by atoms with Crippen molar-refractivity contribution in [3.05, 3.63) is 12.4 Å². The summed E-state index contributed by atoms with van der Waals surface area (Å²) in [6.07, 6.45) is 9.60. The fourth-order valence-corrected chi connectivity index (χ4v) is 2.31. The van der Waals surface area contributed by atoms with Crippen LogP contribution in [0.3, 0.4) is 0 Å². The first kappa shape index (κ1) is 13.7. The molecule has 1 aromatic rings. The number of aromatic nitrogens is 2. The van der Waals surface area contributed by atoms with Gasteiger partial charge in [0.1, 0.15) is 6.61 Å². The highest BCUT2D eigenvalue weighted by Crippen LogP contribution is 2.23. The summed E-state index contributed by atoms with van der Waals surface area (Å²) in [4.78, 5) is 19.2. The van der Waals surface area contributed by atoms with Gasteiger partial charge in [-0.3, -0.25) is 4.79 Å². The van der Waals surface area contributed by atoms with Crippen molar-refractivity contribution in [2.45, 2.75) is 32.1 Å². The maximum atomic E-state index is 11.0. The molecule has 0 atom stereocenters. The molecule has 1 saturated carbocycles. The molecule has 104 valence electrons. The molecule has 0 spiro atoms. The van der Waals surface area contributed by atoms with Crippen molar-refractivity contribution >= 4 is 17.5 Å². The molecule has 1 aliphatic carbocycles. The predicted octanol–water partition coefficient (Wildman–Crippen LogP) is 1.40. The average Bonchev–Trinajstić information content (AvgIpc) is 2.47. The molecule has 0 aliphatic heterocycles. The van der Waals surface area contributed by atoms with Crippen LogP contribution in [0.15, 0.2) is 12.4 Å². The van der Waals surface area contributed by atoms with Crippen LogP contribution < -0.4 is 10.6 Å². The number of carbonyl (C=O) groups excluding carboxylic acids is 1. The Kier molecular flexibility index (Phi) is 5.09. The maximum absolute atomic E-state index is 11.0. The minimum absolute atomic E-state index is 0.466. The van der Waals surface area contributed by atoms with Gasteiger partial charge in [-0.15, -0.1) is 0 Å². The molecule has 6 heteroatoms. The Morgan fingerprint density at radius 1 is 1.26 bits per heavy atom. The Morgan fingerprint density at radius 3 is 2.58 bits per heavy atom. The summed E-state index contributed by atoms with van der Waals surface area (Å²) < 4.78 is 0. The van der Waals surface area contributed by atoms with Crippen molar-refractivity contribution in [3.8, 4) is 0 Å². The van der Waals surface area contributed by atoms with E-state index in [-0.39, 0.29) is 0 Å². The minimum Gasteiger partial charge on any atom is -0.387 e. The van der Waals surface area contributed by atoms with Gasteiger partial charge in [0, 0.05) is 6.54 Å². The lowest BCUT2D eigenvalue weighted by molar-refractivity contribution is -0.118. The van der Waals surface area contributed by atoms with Crippen LogP contribution in [0.2, 0.25) is 0 Å². The third-order valence-corrected chi connectivity index (χ3v) is 3.35. The van der Waals surface area contributed by atoms with Gasteiger partial charge < -0.3 is 15.7 Å². The number of rotatable bonds is 5. The zero-order chi connectivity index (χ0) is 13.5. The third kappa shape index (κ3) is 4.48. The van der Waals surface area contributed by atoms with E-state index in [2.05, 4.69) is 20.6 Å². The number of anilines is 2. The van der Waals surface area contributed by atoms with E-state index in [4.69, 9.17) is 5.11 Å². The maximum Gasteiger partial charge on any atom is 0.250 e. The van der Waals surface area contributed by atoms with E-state index in [9.17, 15) is 4.79 Å². The smallest absolute Gasteiger partial charge is 0.250 e. The first-order valence-electron chi connectivity index (χ1n) is 6.74. The molecule has 19 heavy (non-hydrogen) atoms. The van der Waals surface area contributed by atoms with Crippen LogP contribution in [0.5, 0.6) is 0 Å². The largest absolute Gasteiger partial charge is 0.387 e. The molecular weight excluding hydrogens is 244 g/mol. The Bertz CT molecular complexity index is 402. The molecule has 2 rings (SSSR count). The zero-order valence-corrected chi connectivity index (χ0v) is 10.9. The molecular formula is C13H20N4O2. The summed E-state index contributed by atoms with van der Waals surface area (Å²) >= 11 is 0. The molecule has 6 nitrogen and oxygen atoms in total. The third-order valence-electron chi connectivity index (χ3n) is 3.35. The van der Waals surface area contributed by atoms with E-state index in [1.807, 2.05) is 0 Å². The van der Waals surface area contributed by atoms with E-state index in [1.54, 1.807) is 0 Å². The fraction of sp³-hybridized carbons (Fsp3) is 0.615. The number of carbonyl (C=O) groups is 1. The second-order valence-electron chi connectivity index (χ2n) is 4.89. The standard InChI is InChI=1S/C13H20N4O2/c18-9-12(19)17-11-7-15-13(16-8-11)14-6-10-4-2-1-3-5-10/h7-8,10,18H,1-6,9H2,(H,17,19)(H,14,15,16). The summed E-state index contributed by atoms with van der Waals surface area (Å²) in [7, 11) is 0. The predicted molar refractivity (Wildman–Crippen MR) is 72.8 cm³/mol. The van der Waals surface area contributed by atoms with Crippen LogP contribution in [-0.2, 0) is 4.79 Å². The van der Waals surface area contributed by atoms with Crippen molar-refractivity contribution in [2.75, 3.05) is 23.8 Å². The summed E-state index contributed by atoms with van der Waals surface area (Å²) in [6.45, 7) is 0.365. The van der Waals surface area contributed by atoms with Crippen molar-refractivity contribution in [1.82, 2.24) is 9.97 Å². The normalized spacial score (nSPS) is 16.1. The molecule has 0 bridgehead atoms. The van der Waals surface area contributed by atoms with Crippen LogP contribution in [0.25, 0.3) is 0 Å². The van der Waals surface area contributed by atoms with Crippen molar-refractivity contribution in [3.63, 3.8) is 0 Å². The summed E-state index contributed by atoms with van der Waals surface area (Å²) in [5.41, 5.74) is 0.488. The molecule has 0 aromatic carbocycles. The Morgan fingerprint density at radius 2 is 1.95 bits per heavy atom. The van der Waals surface area contributed by atoms with Crippen LogP contribution in [-0.4, -0.2) is 34.1 Å². The van der Waals surface area contributed by atoms with Gasteiger partial charge in [0.25, 0.3) is 0 Å². The van der Waals surface area contributed by atoms with Gasteiger partial charge in [-0.05, 0) is 18.8 Å². The SMILES string of the molecule is O=C(CO)Nc1cnc(NCC2CCCCC2)nc1. The van der Waals surface area contributed by atoms with Gasteiger partial charge in [-0.1, -0.05) is 19.3 Å². The molecule has 0 saturated heterocycles. The number of hydrogen-bond acceptors (Lipinski definition) is 5. The zero-order valence-electron chi connectivity index (χ0n) is 10.9. The topological polar surface area (TPSA) is 87.1 Å². The highest BCUT2D eigenvalue weighted by molar-refractivity contribution is 5.91.